The number of rotatable bonds is 2. The highest BCUT2D eigenvalue weighted by Gasteiger charge is 2.14. The molecule has 1 unspecified atom stereocenters. The Hall–Kier alpha value is 0.330. The molecule has 70 valence electrons. The van der Waals surface area contributed by atoms with Gasteiger partial charge in [0.25, 0.3) is 0 Å². The second kappa shape index (κ2) is 4.71. The highest BCUT2D eigenvalue weighted by molar-refractivity contribution is 9.11. The second-order valence-electron chi connectivity index (χ2n) is 2.60. The molecule has 0 saturated heterocycles. The van der Waals surface area contributed by atoms with Crippen molar-refractivity contribution in [1.82, 2.24) is 0 Å². The minimum Gasteiger partial charge on any atom is -0.293 e. The predicted octanol–water partition coefficient (Wildman–Crippen LogP) is 4.18. The number of carbonyl (C=O) groups is 1. The normalized spacial score (nSPS) is 12.6. The molecule has 0 bridgehead atoms. The molecule has 0 fully saturated rings. The maximum Gasteiger partial charge on any atom is 0.177 e. The van der Waals surface area contributed by atoms with E-state index in [0.717, 1.165) is 8.95 Å². The van der Waals surface area contributed by atoms with Gasteiger partial charge in [0.05, 0.1) is 4.83 Å². The number of alkyl halides is 1. The monoisotopic (exact) mass is 368 g/mol. The summed E-state index contributed by atoms with van der Waals surface area (Å²) in [6.45, 7) is 1.82. The Labute approximate surface area is 102 Å². The fourth-order valence-corrected chi connectivity index (χ4v) is 1.95. The number of ketones is 1. The Morgan fingerprint density at radius 3 is 2.54 bits per heavy atom. The van der Waals surface area contributed by atoms with Crippen LogP contribution in [0.3, 0.4) is 0 Å². The first-order valence-electron chi connectivity index (χ1n) is 3.65. The standard InChI is InChI=1S/C9H7Br3O/c1-5(10)9(13)7-4-6(11)2-3-8(7)12/h2-5H,1H3. The van der Waals surface area contributed by atoms with Gasteiger partial charge >= 0.3 is 0 Å². The number of carbonyl (C=O) groups excluding carboxylic acids is 1. The van der Waals surface area contributed by atoms with Crippen LogP contribution < -0.4 is 0 Å². The molecule has 0 saturated carbocycles. The zero-order valence-corrected chi connectivity index (χ0v) is 11.6. The van der Waals surface area contributed by atoms with Gasteiger partial charge in [-0.15, -0.1) is 0 Å². The molecule has 0 aliphatic carbocycles. The van der Waals surface area contributed by atoms with Crippen molar-refractivity contribution >= 4 is 53.6 Å². The lowest BCUT2D eigenvalue weighted by atomic mass is 10.1. The molecule has 0 heterocycles. The summed E-state index contributed by atoms with van der Waals surface area (Å²) in [4.78, 5) is 11.5. The molecular weight excluding hydrogens is 364 g/mol. The number of hydrogen-bond acceptors (Lipinski definition) is 1. The van der Waals surface area contributed by atoms with Crippen LogP contribution in [0, 0.1) is 0 Å². The molecule has 1 atom stereocenters. The molecule has 0 amide bonds. The topological polar surface area (TPSA) is 17.1 Å². The van der Waals surface area contributed by atoms with Crippen LogP contribution in [0.1, 0.15) is 17.3 Å². The van der Waals surface area contributed by atoms with Gasteiger partial charge in [0.15, 0.2) is 5.78 Å². The van der Waals surface area contributed by atoms with Crippen LogP contribution in [0.4, 0.5) is 0 Å². The highest BCUT2D eigenvalue weighted by Crippen LogP contribution is 2.24. The average molecular weight is 371 g/mol. The molecule has 0 aliphatic heterocycles. The van der Waals surface area contributed by atoms with Gasteiger partial charge in [-0.25, -0.2) is 0 Å². The third-order valence-corrected chi connectivity index (χ3v) is 3.16. The summed E-state index contributed by atoms with van der Waals surface area (Å²) in [6, 6.07) is 5.55. The van der Waals surface area contributed by atoms with Crippen LogP contribution in [-0.2, 0) is 0 Å². The van der Waals surface area contributed by atoms with E-state index in [4.69, 9.17) is 0 Å². The summed E-state index contributed by atoms with van der Waals surface area (Å²) in [6.07, 6.45) is 0. The van der Waals surface area contributed by atoms with Crippen LogP contribution in [0.25, 0.3) is 0 Å². The quantitative estimate of drug-likeness (QED) is 0.564. The molecule has 0 aromatic heterocycles. The van der Waals surface area contributed by atoms with Crippen LogP contribution in [-0.4, -0.2) is 10.6 Å². The molecule has 1 rings (SSSR count). The van der Waals surface area contributed by atoms with Gasteiger partial charge in [-0.1, -0.05) is 47.8 Å². The fourth-order valence-electron chi connectivity index (χ4n) is 0.901. The van der Waals surface area contributed by atoms with Gasteiger partial charge in [0.2, 0.25) is 0 Å². The first kappa shape index (κ1) is 11.4. The van der Waals surface area contributed by atoms with E-state index in [1.54, 1.807) is 0 Å². The fraction of sp³-hybridized carbons (Fsp3) is 0.222. The first-order chi connectivity index (χ1) is 6.02. The SMILES string of the molecule is CC(Br)C(=O)c1cc(Br)ccc1Br. The second-order valence-corrected chi connectivity index (χ2v) is 5.75. The van der Waals surface area contributed by atoms with E-state index < -0.39 is 0 Å². The lowest BCUT2D eigenvalue weighted by Gasteiger charge is -2.05. The molecule has 0 aliphatic rings. The van der Waals surface area contributed by atoms with Crippen LogP contribution in [0.15, 0.2) is 27.1 Å². The van der Waals surface area contributed by atoms with E-state index >= 15 is 0 Å². The van der Waals surface area contributed by atoms with Crippen molar-refractivity contribution in [2.24, 2.45) is 0 Å². The van der Waals surface area contributed by atoms with E-state index in [2.05, 4.69) is 47.8 Å². The Morgan fingerprint density at radius 2 is 2.00 bits per heavy atom. The summed E-state index contributed by atoms with van der Waals surface area (Å²) in [5.74, 6) is 0.0770. The number of benzene rings is 1. The van der Waals surface area contributed by atoms with Gasteiger partial charge in [-0.3, -0.25) is 4.79 Å². The zero-order valence-electron chi connectivity index (χ0n) is 6.85. The van der Waals surface area contributed by atoms with Gasteiger partial charge in [0, 0.05) is 14.5 Å². The van der Waals surface area contributed by atoms with E-state index in [0.29, 0.717) is 5.56 Å². The molecule has 4 heteroatoms. The van der Waals surface area contributed by atoms with Gasteiger partial charge in [0.1, 0.15) is 0 Å². The molecule has 1 aromatic rings. The van der Waals surface area contributed by atoms with E-state index in [1.807, 2.05) is 25.1 Å². The van der Waals surface area contributed by atoms with Crippen molar-refractivity contribution in [2.75, 3.05) is 0 Å². The summed E-state index contributed by atoms with van der Waals surface area (Å²) >= 11 is 9.91. The van der Waals surface area contributed by atoms with Gasteiger partial charge < -0.3 is 0 Å². The lowest BCUT2D eigenvalue weighted by Crippen LogP contribution is -2.10. The highest BCUT2D eigenvalue weighted by atomic mass is 79.9. The Balaban J connectivity index is 3.13. The van der Waals surface area contributed by atoms with Crippen molar-refractivity contribution in [3.63, 3.8) is 0 Å². The van der Waals surface area contributed by atoms with Gasteiger partial charge in [-0.05, 0) is 25.1 Å². The Kier molecular flexibility index (Phi) is 4.13. The summed E-state index contributed by atoms with van der Waals surface area (Å²) < 4.78 is 1.74. The molecule has 0 N–H and O–H groups in total. The Morgan fingerprint density at radius 1 is 1.38 bits per heavy atom. The van der Waals surface area contributed by atoms with E-state index in [-0.39, 0.29) is 10.6 Å². The van der Waals surface area contributed by atoms with Crippen LogP contribution in [0.2, 0.25) is 0 Å². The smallest absolute Gasteiger partial charge is 0.177 e. The molecular formula is C9H7Br3O. The minimum atomic E-state index is -0.155. The molecule has 0 spiro atoms. The summed E-state index contributed by atoms with van der Waals surface area (Å²) in [7, 11) is 0. The number of hydrogen-bond donors (Lipinski definition) is 0. The predicted molar refractivity (Wildman–Crippen MR) is 64.6 cm³/mol. The third kappa shape index (κ3) is 2.89. The maximum absolute atomic E-state index is 11.6. The van der Waals surface area contributed by atoms with E-state index in [9.17, 15) is 4.79 Å². The van der Waals surface area contributed by atoms with Crippen LogP contribution >= 0.6 is 47.8 Å². The molecule has 1 aromatic carbocycles. The number of Topliss-reactive ketones (excluding diaryl/α,β-unsaturated/α-hetero) is 1. The summed E-state index contributed by atoms with van der Waals surface area (Å²) in [5, 5.41) is 0. The molecule has 13 heavy (non-hydrogen) atoms. The first-order valence-corrected chi connectivity index (χ1v) is 6.16. The van der Waals surface area contributed by atoms with Crippen molar-refractivity contribution in [3.05, 3.63) is 32.7 Å². The minimum absolute atomic E-state index is 0.0770. The average Bonchev–Trinajstić information content (AvgIpc) is 2.08. The number of halogens is 3. The third-order valence-electron chi connectivity index (χ3n) is 1.56. The van der Waals surface area contributed by atoms with Crippen LogP contribution in [0.5, 0.6) is 0 Å². The van der Waals surface area contributed by atoms with Gasteiger partial charge in [-0.2, -0.15) is 0 Å². The largest absolute Gasteiger partial charge is 0.293 e. The molecule has 1 nitrogen and oxygen atoms in total. The van der Waals surface area contributed by atoms with Crippen molar-refractivity contribution in [2.45, 2.75) is 11.8 Å². The Bertz CT molecular complexity index is 334. The molecule has 0 radical (unpaired) electrons. The summed E-state index contributed by atoms with van der Waals surface area (Å²) in [5.41, 5.74) is 0.693. The lowest BCUT2D eigenvalue weighted by molar-refractivity contribution is 0.0995. The van der Waals surface area contributed by atoms with Crippen molar-refractivity contribution in [3.8, 4) is 0 Å². The van der Waals surface area contributed by atoms with Crippen molar-refractivity contribution < 1.29 is 4.79 Å². The maximum atomic E-state index is 11.6. The zero-order chi connectivity index (χ0) is 10.0. The van der Waals surface area contributed by atoms with Crippen molar-refractivity contribution in [1.29, 1.82) is 0 Å². The van der Waals surface area contributed by atoms with E-state index in [1.165, 1.54) is 0 Å².